The van der Waals surface area contributed by atoms with E-state index in [1.807, 2.05) is 0 Å². The van der Waals surface area contributed by atoms with Gasteiger partial charge in [0.1, 0.15) is 0 Å². The highest BCUT2D eigenvalue weighted by Gasteiger charge is 2.51. The minimum absolute atomic E-state index is 0.409. The molecule has 0 saturated heterocycles. The third-order valence-corrected chi connectivity index (χ3v) is 23.3. The van der Waals surface area contributed by atoms with Crippen LogP contribution in [0.2, 0.25) is 0 Å². The van der Waals surface area contributed by atoms with E-state index in [2.05, 4.69) is 443 Å². The van der Waals surface area contributed by atoms with Gasteiger partial charge in [-0.2, -0.15) is 0 Å². The molecule has 0 fully saturated rings. The van der Waals surface area contributed by atoms with Crippen molar-refractivity contribution in [3.63, 3.8) is 0 Å². The van der Waals surface area contributed by atoms with Crippen molar-refractivity contribution in [2.45, 2.75) is 5.41 Å². The summed E-state index contributed by atoms with van der Waals surface area (Å²) >= 11 is 0. The Bertz CT molecular complexity index is 6910. The lowest BCUT2D eigenvalue weighted by Gasteiger charge is -2.30. The van der Waals surface area contributed by atoms with E-state index in [4.69, 9.17) is 15.0 Å². The Morgan fingerprint density at radius 3 is 0.565 bits per heavy atom. The van der Waals surface area contributed by atoms with Gasteiger partial charge in [0.15, 0.2) is 17.5 Å². The van der Waals surface area contributed by atoms with Gasteiger partial charge in [-0.25, -0.2) is 15.0 Å². The Hall–Kier alpha value is -15.0. The van der Waals surface area contributed by atoms with Crippen LogP contribution in [-0.2, 0) is 5.41 Å². The van der Waals surface area contributed by atoms with Crippen molar-refractivity contribution in [2.75, 3.05) is 0 Å². The third-order valence-electron chi connectivity index (χ3n) is 23.3. The second kappa shape index (κ2) is 29.0. The summed E-state index contributed by atoms with van der Waals surface area (Å²) < 4.78 is 0. The normalized spacial score (nSPS) is 12.1. The van der Waals surface area contributed by atoms with Crippen molar-refractivity contribution in [1.82, 2.24) is 15.0 Å². The summed E-state index contributed by atoms with van der Waals surface area (Å²) in [5.74, 6) is 1.75. The van der Waals surface area contributed by atoms with Crippen LogP contribution < -0.4 is 0 Å². The second-order valence-electron chi connectivity index (χ2n) is 30.2. The van der Waals surface area contributed by atoms with Gasteiger partial charge in [0.05, 0.1) is 5.41 Å². The fourth-order valence-corrected chi connectivity index (χ4v) is 17.7. The summed E-state index contributed by atoms with van der Waals surface area (Å²) in [6.45, 7) is 0. The summed E-state index contributed by atoms with van der Waals surface area (Å²) in [6, 6.07) is 161. The first-order valence-corrected chi connectivity index (χ1v) is 39.5. The van der Waals surface area contributed by atoms with Crippen LogP contribution in [0.4, 0.5) is 0 Å². The molecular weight excluding hydrogens is 1390 g/mol. The Morgan fingerprint density at radius 1 is 0.113 bits per heavy atom. The Kier molecular flexibility index (Phi) is 17.2. The maximum Gasteiger partial charge on any atom is 0.164 e. The largest absolute Gasteiger partial charge is 0.208 e. The Balaban J connectivity index is 0.599. The van der Waals surface area contributed by atoms with Gasteiger partial charge in [-0.05, 0) is 251 Å². The smallest absolute Gasteiger partial charge is 0.164 e. The minimum atomic E-state index is -0.409. The van der Waals surface area contributed by atoms with Gasteiger partial charge in [-0.3, -0.25) is 0 Å². The minimum Gasteiger partial charge on any atom is -0.208 e. The van der Waals surface area contributed by atoms with Crippen molar-refractivity contribution < 1.29 is 0 Å². The Labute approximate surface area is 670 Å². The first-order valence-electron chi connectivity index (χ1n) is 39.5. The summed E-state index contributed by atoms with van der Waals surface area (Å²) in [4.78, 5) is 16.2. The summed E-state index contributed by atoms with van der Waals surface area (Å²) in [7, 11) is 0. The molecule has 3 nitrogen and oxygen atoms in total. The highest BCUT2D eigenvalue weighted by molar-refractivity contribution is 5.97. The van der Waals surface area contributed by atoms with Crippen LogP contribution in [0.15, 0.2) is 443 Å². The standard InChI is InChI=1S/C112H73N3/c1-3-24-74(25-4-1)78-28-13-31-81(62-78)84-34-16-36-86(65-84)83-33-15-30-80(64-83)76-56-58-77(59-57-76)109-113-110(99-48-22-46-96(71-99)93-43-19-40-90(68-93)87-37-17-35-85(66-87)82-32-14-29-79(63-82)75-26-5-2-6-27-75)115-111(114-109)100-49-23-47-97(72-100)94-44-20-41-91(69-94)88-38-18-39-89(67-88)92-42-21-45-95(70-92)98-60-61-104-103-52-9-12-55-107(103)112(108(104)73-98)105-53-10-7-50-101(105)102-51-8-11-54-106(102)112/h1-73H. The van der Waals surface area contributed by atoms with Crippen molar-refractivity contribution >= 4 is 0 Å². The van der Waals surface area contributed by atoms with E-state index in [1.165, 1.54) is 100 Å². The summed E-state index contributed by atoms with van der Waals surface area (Å²) in [5, 5.41) is 0. The molecule has 0 unspecified atom stereocenters. The van der Waals surface area contributed by atoms with Crippen molar-refractivity contribution in [3.8, 4) is 190 Å². The van der Waals surface area contributed by atoms with E-state index in [0.717, 1.165) is 94.6 Å². The molecule has 0 bridgehead atoms. The van der Waals surface area contributed by atoms with Gasteiger partial charge in [0.25, 0.3) is 0 Å². The highest BCUT2D eigenvalue weighted by Crippen LogP contribution is 2.63. The topological polar surface area (TPSA) is 38.7 Å². The lowest BCUT2D eigenvalue weighted by Crippen LogP contribution is -2.25. The molecule has 0 atom stereocenters. The van der Waals surface area contributed by atoms with E-state index >= 15 is 0 Å². The predicted octanol–water partition coefficient (Wildman–Crippen LogP) is 29.2. The van der Waals surface area contributed by atoms with Crippen LogP contribution in [-0.4, -0.2) is 15.0 Å². The van der Waals surface area contributed by atoms with Gasteiger partial charge in [-0.1, -0.05) is 370 Å². The molecule has 2 aliphatic rings. The summed E-state index contributed by atoms with van der Waals surface area (Å²) in [5.41, 5.74) is 40.4. The second-order valence-corrected chi connectivity index (χ2v) is 30.2. The first-order chi connectivity index (χ1) is 56.9. The zero-order valence-corrected chi connectivity index (χ0v) is 63.0. The quantitative estimate of drug-likeness (QED) is 0.103. The van der Waals surface area contributed by atoms with Gasteiger partial charge >= 0.3 is 0 Å². The van der Waals surface area contributed by atoms with E-state index in [1.54, 1.807) is 0 Å². The zero-order valence-electron chi connectivity index (χ0n) is 63.0. The van der Waals surface area contributed by atoms with E-state index in [0.29, 0.717) is 17.5 Å². The van der Waals surface area contributed by atoms with Crippen molar-refractivity contribution in [3.05, 3.63) is 465 Å². The van der Waals surface area contributed by atoms with Crippen LogP contribution in [0.25, 0.3) is 190 Å². The molecule has 2 aliphatic carbocycles. The maximum atomic E-state index is 5.41. The SMILES string of the molecule is c1ccc(-c2cccc(-c3cccc(-c4cccc(-c5ccc(-c6nc(-c7cccc(-c8cccc(-c9cccc(-c%10cccc(-c%11ccccc%11)c%10)c9)c8)c7)nc(-c7cccc(-c8cccc(-c9cccc(-c%10cccc(-c%11ccc%12c(c%11)C%11(c%13ccccc%13-c%13ccccc%13%11)c%11ccccc%11-%12)c%10)c9)c8)c7)n6)cc5)c4)c3)c2)cc1. The number of fused-ring (bicyclic) bond motifs is 10. The van der Waals surface area contributed by atoms with Gasteiger partial charge in [0.2, 0.25) is 0 Å². The van der Waals surface area contributed by atoms with Crippen molar-refractivity contribution in [2.24, 2.45) is 0 Å². The molecule has 0 saturated carbocycles. The number of benzene rings is 18. The van der Waals surface area contributed by atoms with Crippen molar-refractivity contribution in [1.29, 1.82) is 0 Å². The van der Waals surface area contributed by atoms with E-state index in [-0.39, 0.29) is 0 Å². The number of aromatic nitrogens is 3. The average molecular weight is 1460 g/mol. The first kappa shape index (κ1) is 68.0. The molecule has 18 aromatic carbocycles. The van der Waals surface area contributed by atoms with E-state index < -0.39 is 5.41 Å². The molecule has 21 rings (SSSR count). The molecule has 1 aromatic heterocycles. The number of hydrogen-bond donors (Lipinski definition) is 0. The van der Waals surface area contributed by atoms with Gasteiger partial charge < -0.3 is 0 Å². The molecule has 0 N–H and O–H groups in total. The molecule has 19 aromatic rings. The molecule has 0 amide bonds. The molecule has 0 aliphatic heterocycles. The van der Waals surface area contributed by atoms with Crippen LogP contribution in [0.3, 0.4) is 0 Å². The Morgan fingerprint density at radius 2 is 0.287 bits per heavy atom. The molecule has 1 heterocycles. The van der Waals surface area contributed by atoms with Crippen LogP contribution in [0, 0.1) is 0 Å². The monoisotopic (exact) mass is 1460 g/mol. The van der Waals surface area contributed by atoms with E-state index in [9.17, 15) is 0 Å². The third kappa shape index (κ3) is 12.7. The van der Waals surface area contributed by atoms with Crippen LogP contribution in [0.1, 0.15) is 22.3 Å². The molecule has 3 heteroatoms. The van der Waals surface area contributed by atoms with Gasteiger partial charge in [-0.15, -0.1) is 0 Å². The van der Waals surface area contributed by atoms with Gasteiger partial charge in [0, 0.05) is 16.7 Å². The molecule has 536 valence electrons. The fraction of sp³-hybridized carbons (Fsp3) is 0.00893. The molecular formula is C112H73N3. The zero-order chi connectivity index (χ0) is 76.2. The lowest BCUT2D eigenvalue weighted by atomic mass is 9.70. The van der Waals surface area contributed by atoms with Crippen LogP contribution >= 0.6 is 0 Å². The number of rotatable bonds is 15. The lowest BCUT2D eigenvalue weighted by molar-refractivity contribution is 0.794. The number of nitrogens with zero attached hydrogens (tertiary/aromatic N) is 3. The maximum absolute atomic E-state index is 5.41. The molecule has 115 heavy (non-hydrogen) atoms. The fourth-order valence-electron chi connectivity index (χ4n) is 17.7. The molecule has 1 spiro atoms. The van der Waals surface area contributed by atoms with Crippen LogP contribution in [0.5, 0.6) is 0 Å². The number of hydrogen-bond acceptors (Lipinski definition) is 3. The predicted molar refractivity (Wildman–Crippen MR) is 478 cm³/mol. The highest BCUT2D eigenvalue weighted by atomic mass is 15.0. The summed E-state index contributed by atoms with van der Waals surface area (Å²) in [6.07, 6.45) is 0. The molecule has 0 radical (unpaired) electrons. The average Bonchev–Trinajstić information content (AvgIpc) is 1.51.